The van der Waals surface area contributed by atoms with Gasteiger partial charge in [0, 0.05) is 5.54 Å². The van der Waals surface area contributed by atoms with Gasteiger partial charge in [0.15, 0.2) is 0 Å². The van der Waals surface area contributed by atoms with E-state index in [2.05, 4.69) is 31.2 Å². The van der Waals surface area contributed by atoms with Gasteiger partial charge in [0.2, 0.25) is 0 Å². The quantitative estimate of drug-likeness (QED) is 0.830. The fourth-order valence-corrected chi connectivity index (χ4v) is 4.95. The van der Waals surface area contributed by atoms with E-state index in [0.717, 1.165) is 18.3 Å². The second kappa shape index (κ2) is 6.52. The van der Waals surface area contributed by atoms with Gasteiger partial charge in [0.25, 0.3) is 0 Å². The molecule has 2 aliphatic rings. The van der Waals surface area contributed by atoms with Crippen molar-refractivity contribution in [3.63, 3.8) is 0 Å². The number of rotatable bonds is 3. The van der Waals surface area contributed by atoms with Crippen molar-refractivity contribution in [1.82, 2.24) is 0 Å². The molecule has 0 heterocycles. The zero-order chi connectivity index (χ0) is 14.7. The Balaban J connectivity index is 1.77. The first-order chi connectivity index (χ1) is 10.2. The molecule has 1 nitrogen and oxygen atoms in total. The van der Waals surface area contributed by atoms with Gasteiger partial charge in [-0.25, -0.2) is 0 Å². The molecule has 0 aromatic heterocycles. The zero-order valence-corrected chi connectivity index (χ0v) is 13.6. The molecule has 2 N–H and O–H groups in total. The number of hydrogen-bond acceptors (Lipinski definition) is 1. The molecule has 0 amide bonds. The summed E-state index contributed by atoms with van der Waals surface area (Å²) in [7, 11) is 0. The maximum Gasteiger partial charge on any atom is 0.0226 e. The average molecular weight is 285 g/mol. The van der Waals surface area contributed by atoms with Crippen molar-refractivity contribution in [1.29, 1.82) is 0 Å². The lowest BCUT2D eigenvalue weighted by molar-refractivity contribution is 0.0995. The smallest absolute Gasteiger partial charge is 0.0226 e. The minimum atomic E-state index is 0.0497. The van der Waals surface area contributed by atoms with E-state index in [1.54, 1.807) is 0 Å². The molecule has 21 heavy (non-hydrogen) atoms. The largest absolute Gasteiger partial charge is 0.325 e. The molecule has 1 heteroatoms. The van der Waals surface area contributed by atoms with E-state index in [9.17, 15) is 0 Å². The summed E-state index contributed by atoms with van der Waals surface area (Å²) >= 11 is 0. The molecule has 0 radical (unpaired) electrons. The Hall–Kier alpha value is -0.820. The lowest BCUT2D eigenvalue weighted by Gasteiger charge is -2.46. The van der Waals surface area contributed by atoms with Crippen molar-refractivity contribution in [3.05, 3.63) is 35.4 Å². The third kappa shape index (κ3) is 3.51. The second-order valence-corrected chi connectivity index (χ2v) is 7.65. The summed E-state index contributed by atoms with van der Waals surface area (Å²) in [5.74, 6) is 1.65. The van der Waals surface area contributed by atoms with Crippen molar-refractivity contribution in [2.75, 3.05) is 0 Å². The number of hydrogen-bond donors (Lipinski definition) is 1. The van der Waals surface area contributed by atoms with Crippen LogP contribution in [0, 0.1) is 18.8 Å². The molecule has 0 spiro atoms. The van der Waals surface area contributed by atoms with E-state index in [1.165, 1.54) is 68.9 Å². The van der Waals surface area contributed by atoms with Crippen molar-refractivity contribution in [3.8, 4) is 0 Å². The van der Waals surface area contributed by atoms with E-state index >= 15 is 0 Å². The molecule has 2 unspecified atom stereocenters. The lowest BCUT2D eigenvalue weighted by Crippen LogP contribution is -2.53. The minimum Gasteiger partial charge on any atom is -0.325 e. The summed E-state index contributed by atoms with van der Waals surface area (Å²) in [6.45, 7) is 2.19. The Morgan fingerprint density at radius 2 is 1.81 bits per heavy atom. The molecule has 2 aliphatic carbocycles. The Kier molecular flexibility index (Phi) is 4.69. The summed E-state index contributed by atoms with van der Waals surface area (Å²) < 4.78 is 0. The van der Waals surface area contributed by atoms with E-state index < -0.39 is 0 Å². The molecule has 3 rings (SSSR count). The summed E-state index contributed by atoms with van der Waals surface area (Å²) in [5, 5.41) is 0. The Bertz CT molecular complexity index is 461. The van der Waals surface area contributed by atoms with Gasteiger partial charge in [-0.15, -0.1) is 0 Å². The van der Waals surface area contributed by atoms with E-state index in [1.807, 2.05) is 0 Å². The van der Waals surface area contributed by atoms with Crippen LogP contribution in [0.2, 0.25) is 0 Å². The number of aryl methyl sites for hydroxylation is 1. The van der Waals surface area contributed by atoms with Gasteiger partial charge in [0.05, 0.1) is 0 Å². The van der Waals surface area contributed by atoms with Crippen LogP contribution in [-0.2, 0) is 6.42 Å². The first kappa shape index (κ1) is 15.1. The standard InChI is InChI=1S/C20H31N/c1-16-8-7-9-17(14-16)15-20(21)13-6-5-12-19(20)18-10-3-2-4-11-18/h7-9,14,18-19H,2-6,10-13,15,21H2,1H3. The fourth-order valence-electron chi connectivity index (χ4n) is 4.95. The van der Waals surface area contributed by atoms with Gasteiger partial charge >= 0.3 is 0 Å². The van der Waals surface area contributed by atoms with Crippen molar-refractivity contribution in [2.24, 2.45) is 17.6 Å². The molecule has 0 saturated heterocycles. The molecular weight excluding hydrogens is 254 g/mol. The predicted octanol–water partition coefficient (Wildman–Crippen LogP) is 5.01. The van der Waals surface area contributed by atoms with Gasteiger partial charge in [-0.3, -0.25) is 0 Å². The summed E-state index contributed by atoms with van der Waals surface area (Å²) in [6, 6.07) is 8.98. The van der Waals surface area contributed by atoms with Crippen LogP contribution in [0.3, 0.4) is 0 Å². The molecule has 1 aromatic carbocycles. The normalized spacial score (nSPS) is 31.2. The second-order valence-electron chi connectivity index (χ2n) is 7.65. The van der Waals surface area contributed by atoms with Crippen LogP contribution in [0.5, 0.6) is 0 Å². The zero-order valence-electron chi connectivity index (χ0n) is 13.6. The van der Waals surface area contributed by atoms with Crippen molar-refractivity contribution in [2.45, 2.75) is 76.7 Å². The minimum absolute atomic E-state index is 0.0497. The summed E-state index contributed by atoms with van der Waals surface area (Å²) in [5.41, 5.74) is 9.87. The monoisotopic (exact) mass is 285 g/mol. The molecule has 2 saturated carbocycles. The molecule has 0 aliphatic heterocycles. The number of benzene rings is 1. The lowest BCUT2D eigenvalue weighted by atomic mass is 9.62. The fraction of sp³-hybridized carbons (Fsp3) is 0.700. The summed E-state index contributed by atoms with van der Waals surface area (Å²) in [4.78, 5) is 0. The van der Waals surface area contributed by atoms with Gasteiger partial charge in [0.1, 0.15) is 0 Å². The van der Waals surface area contributed by atoms with Crippen LogP contribution in [-0.4, -0.2) is 5.54 Å². The van der Waals surface area contributed by atoms with Gasteiger partial charge in [-0.05, 0) is 43.6 Å². The molecule has 1 aromatic rings. The topological polar surface area (TPSA) is 26.0 Å². The van der Waals surface area contributed by atoms with Crippen LogP contribution < -0.4 is 5.73 Å². The van der Waals surface area contributed by atoms with Crippen LogP contribution in [0.25, 0.3) is 0 Å². The van der Waals surface area contributed by atoms with Crippen molar-refractivity contribution < 1.29 is 0 Å². The average Bonchev–Trinajstić information content (AvgIpc) is 2.48. The third-order valence-electron chi connectivity index (χ3n) is 5.98. The highest BCUT2D eigenvalue weighted by Gasteiger charge is 2.41. The third-order valence-corrected chi connectivity index (χ3v) is 5.98. The Labute approximate surface area is 130 Å². The Morgan fingerprint density at radius 3 is 2.57 bits per heavy atom. The molecule has 2 atom stereocenters. The molecule has 0 bridgehead atoms. The van der Waals surface area contributed by atoms with Crippen LogP contribution in [0.4, 0.5) is 0 Å². The summed E-state index contributed by atoms with van der Waals surface area (Å²) in [6.07, 6.45) is 13.6. The van der Waals surface area contributed by atoms with E-state index in [4.69, 9.17) is 5.73 Å². The van der Waals surface area contributed by atoms with Crippen molar-refractivity contribution >= 4 is 0 Å². The number of nitrogens with two attached hydrogens (primary N) is 1. The maximum atomic E-state index is 7.02. The molecular formula is C20H31N. The van der Waals surface area contributed by atoms with Gasteiger partial charge in [-0.1, -0.05) is 74.8 Å². The van der Waals surface area contributed by atoms with Gasteiger partial charge in [-0.2, -0.15) is 0 Å². The van der Waals surface area contributed by atoms with Crippen LogP contribution in [0.15, 0.2) is 24.3 Å². The highest BCUT2D eigenvalue weighted by molar-refractivity contribution is 5.24. The Morgan fingerprint density at radius 1 is 1.05 bits per heavy atom. The highest BCUT2D eigenvalue weighted by Crippen LogP contribution is 2.44. The maximum absolute atomic E-state index is 7.02. The van der Waals surface area contributed by atoms with Crippen LogP contribution in [0.1, 0.15) is 68.9 Å². The van der Waals surface area contributed by atoms with Gasteiger partial charge < -0.3 is 5.73 Å². The first-order valence-electron chi connectivity index (χ1n) is 9.02. The molecule has 2 fully saturated rings. The molecule has 116 valence electrons. The van der Waals surface area contributed by atoms with E-state index in [-0.39, 0.29) is 5.54 Å². The first-order valence-corrected chi connectivity index (χ1v) is 9.02. The predicted molar refractivity (Wildman–Crippen MR) is 90.3 cm³/mol. The van der Waals surface area contributed by atoms with E-state index in [0.29, 0.717) is 0 Å². The SMILES string of the molecule is Cc1cccc(CC2(N)CCCCC2C2CCCCC2)c1. The highest BCUT2D eigenvalue weighted by atomic mass is 14.8. The van der Waals surface area contributed by atoms with Crippen LogP contribution >= 0.6 is 0 Å².